The number of furan rings is 1. The van der Waals surface area contributed by atoms with Crippen molar-refractivity contribution < 1.29 is 23.5 Å². The van der Waals surface area contributed by atoms with Crippen LogP contribution in [0.4, 0.5) is 11.4 Å². The standard InChI is InChI=1S/C22H20N2O5/c1-14-5-9-17(10-6-14)23-20(25)15(2)29-22(27)16-7-11-18(12-8-16)24-21(26)19-4-3-13-28-19/h3-13,15H,1-2H3,(H,23,25)(H,24,26)/t15-/m1/s1. The van der Waals surface area contributed by atoms with Crippen LogP contribution in [0.5, 0.6) is 0 Å². The molecule has 1 heterocycles. The van der Waals surface area contributed by atoms with Crippen molar-refractivity contribution in [3.8, 4) is 0 Å². The Labute approximate surface area is 167 Å². The van der Waals surface area contributed by atoms with Gasteiger partial charge in [-0.3, -0.25) is 9.59 Å². The van der Waals surface area contributed by atoms with E-state index in [0.717, 1.165) is 5.56 Å². The van der Waals surface area contributed by atoms with Gasteiger partial charge in [0.1, 0.15) is 0 Å². The van der Waals surface area contributed by atoms with Gasteiger partial charge in [-0.1, -0.05) is 17.7 Å². The first kappa shape index (κ1) is 19.9. The van der Waals surface area contributed by atoms with Crippen molar-refractivity contribution in [2.75, 3.05) is 10.6 Å². The fourth-order valence-corrected chi connectivity index (χ4v) is 2.45. The van der Waals surface area contributed by atoms with Gasteiger partial charge in [0.2, 0.25) is 0 Å². The summed E-state index contributed by atoms with van der Waals surface area (Å²) in [5.74, 6) is -1.28. The summed E-state index contributed by atoms with van der Waals surface area (Å²) in [5, 5.41) is 5.35. The predicted octanol–water partition coefficient (Wildman–Crippen LogP) is 4.02. The van der Waals surface area contributed by atoms with E-state index in [2.05, 4.69) is 10.6 Å². The molecule has 2 N–H and O–H groups in total. The van der Waals surface area contributed by atoms with E-state index < -0.39 is 23.9 Å². The lowest BCUT2D eigenvalue weighted by molar-refractivity contribution is -0.123. The second kappa shape index (κ2) is 8.88. The third-order valence-corrected chi connectivity index (χ3v) is 4.10. The van der Waals surface area contributed by atoms with Crippen molar-refractivity contribution >= 4 is 29.2 Å². The molecule has 0 saturated heterocycles. The number of esters is 1. The molecule has 29 heavy (non-hydrogen) atoms. The van der Waals surface area contributed by atoms with Gasteiger partial charge in [-0.25, -0.2) is 4.79 Å². The molecule has 0 bridgehead atoms. The van der Waals surface area contributed by atoms with E-state index in [1.807, 2.05) is 19.1 Å². The summed E-state index contributed by atoms with van der Waals surface area (Å²) >= 11 is 0. The maximum absolute atomic E-state index is 12.3. The molecule has 7 heteroatoms. The Balaban J connectivity index is 1.54. The fraction of sp³-hybridized carbons (Fsp3) is 0.136. The van der Waals surface area contributed by atoms with Crippen LogP contribution in [-0.2, 0) is 9.53 Å². The lowest BCUT2D eigenvalue weighted by Gasteiger charge is -2.14. The Bertz CT molecular complexity index is 993. The molecule has 3 rings (SSSR count). The number of hydrogen-bond acceptors (Lipinski definition) is 5. The normalized spacial score (nSPS) is 11.4. The topological polar surface area (TPSA) is 97.6 Å². The van der Waals surface area contributed by atoms with Crippen LogP contribution in [0.2, 0.25) is 0 Å². The summed E-state index contributed by atoms with van der Waals surface area (Å²) in [6.07, 6.45) is 0.437. The van der Waals surface area contributed by atoms with Crippen molar-refractivity contribution in [1.82, 2.24) is 0 Å². The number of carbonyl (C=O) groups excluding carboxylic acids is 3. The van der Waals surface area contributed by atoms with Crippen LogP contribution in [-0.4, -0.2) is 23.9 Å². The van der Waals surface area contributed by atoms with Crippen LogP contribution < -0.4 is 10.6 Å². The first-order valence-electron chi connectivity index (χ1n) is 8.96. The van der Waals surface area contributed by atoms with Crippen molar-refractivity contribution in [3.63, 3.8) is 0 Å². The zero-order valence-corrected chi connectivity index (χ0v) is 16.0. The van der Waals surface area contributed by atoms with Gasteiger partial charge in [-0.05, 0) is 62.4 Å². The van der Waals surface area contributed by atoms with Crippen molar-refractivity contribution in [1.29, 1.82) is 0 Å². The van der Waals surface area contributed by atoms with E-state index in [0.29, 0.717) is 11.4 Å². The molecule has 0 spiro atoms. The molecule has 1 aromatic heterocycles. The van der Waals surface area contributed by atoms with Crippen LogP contribution in [0, 0.1) is 6.92 Å². The zero-order valence-electron chi connectivity index (χ0n) is 16.0. The van der Waals surface area contributed by atoms with Crippen molar-refractivity contribution in [2.24, 2.45) is 0 Å². The van der Waals surface area contributed by atoms with E-state index in [4.69, 9.17) is 9.15 Å². The quantitative estimate of drug-likeness (QED) is 0.618. The highest BCUT2D eigenvalue weighted by Crippen LogP contribution is 2.14. The number of benzene rings is 2. The van der Waals surface area contributed by atoms with Crippen LogP contribution in [0.15, 0.2) is 71.3 Å². The highest BCUT2D eigenvalue weighted by atomic mass is 16.5. The minimum Gasteiger partial charge on any atom is -0.459 e. The van der Waals surface area contributed by atoms with Crippen molar-refractivity contribution in [3.05, 3.63) is 83.8 Å². The summed E-state index contributed by atoms with van der Waals surface area (Å²) in [6.45, 7) is 3.45. The SMILES string of the molecule is Cc1ccc(NC(=O)[C@@H](C)OC(=O)c2ccc(NC(=O)c3ccco3)cc2)cc1. The second-order valence-corrected chi connectivity index (χ2v) is 6.41. The van der Waals surface area contributed by atoms with Gasteiger partial charge in [0.05, 0.1) is 11.8 Å². The zero-order chi connectivity index (χ0) is 20.8. The number of ether oxygens (including phenoxy) is 1. The molecule has 0 aliphatic heterocycles. The number of carbonyl (C=O) groups is 3. The lowest BCUT2D eigenvalue weighted by Crippen LogP contribution is -2.30. The Kier molecular flexibility index (Phi) is 6.09. The van der Waals surface area contributed by atoms with Gasteiger partial charge >= 0.3 is 5.97 Å². The maximum atomic E-state index is 12.3. The van der Waals surface area contributed by atoms with E-state index >= 15 is 0 Å². The highest BCUT2D eigenvalue weighted by molar-refractivity contribution is 6.02. The molecule has 7 nitrogen and oxygen atoms in total. The first-order valence-corrected chi connectivity index (χ1v) is 8.96. The number of aryl methyl sites for hydroxylation is 1. The molecule has 2 amide bonds. The summed E-state index contributed by atoms with van der Waals surface area (Å²) in [5.41, 5.74) is 2.45. The molecule has 0 unspecified atom stereocenters. The Hall–Kier alpha value is -3.87. The average molecular weight is 392 g/mol. The monoisotopic (exact) mass is 392 g/mol. The van der Waals surface area contributed by atoms with Crippen molar-refractivity contribution in [2.45, 2.75) is 20.0 Å². The van der Waals surface area contributed by atoms with Gasteiger partial charge in [0.15, 0.2) is 11.9 Å². The summed E-state index contributed by atoms with van der Waals surface area (Å²) < 4.78 is 10.2. The molecular formula is C22H20N2O5. The molecule has 0 fully saturated rings. The van der Waals surface area contributed by atoms with Crippen LogP contribution >= 0.6 is 0 Å². The smallest absolute Gasteiger partial charge is 0.338 e. The molecule has 1 atom stereocenters. The molecule has 2 aromatic carbocycles. The first-order chi connectivity index (χ1) is 13.9. The summed E-state index contributed by atoms with van der Waals surface area (Å²) in [6, 6.07) is 16.6. The second-order valence-electron chi connectivity index (χ2n) is 6.41. The number of anilines is 2. The molecule has 3 aromatic rings. The largest absolute Gasteiger partial charge is 0.459 e. The van der Waals surface area contributed by atoms with Gasteiger partial charge in [0.25, 0.3) is 11.8 Å². The van der Waals surface area contributed by atoms with Crippen LogP contribution in [0.3, 0.4) is 0 Å². The van der Waals surface area contributed by atoms with E-state index in [1.165, 1.54) is 25.3 Å². The van der Waals surface area contributed by atoms with E-state index in [1.54, 1.807) is 36.4 Å². The van der Waals surface area contributed by atoms with Gasteiger partial charge in [-0.15, -0.1) is 0 Å². The predicted molar refractivity (Wildman–Crippen MR) is 108 cm³/mol. The Morgan fingerprint density at radius 1 is 0.897 bits per heavy atom. The molecule has 148 valence electrons. The van der Waals surface area contributed by atoms with E-state index in [-0.39, 0.29) is 11.3 Å². The molecule has 0 radical (unpaired) electrons. The average Bonchev–Trinajstić information content (AvgIpc) is 3.25. The molecule has 0 saturated carbocycles. The van der Waals surface area contributed by atoms with E-state index in [9.17, 15) is 14.4 Å². The maximum Gasteiger partial charge on any atom is 0.338 e. The molecule has 0 aliphatic rings. The van der Waals surface area contributed by atoms with Crippen LogP contribution in [0.1, 0.15) is 33.4 Å². The van der Waals surface area contributed by atoms with Gasteiger partial charge < -0.3 is 19.8 Å². The van der Waals surface area contributed by atoms with Gasteiger partial charge in [-0.2, -0.15) is 0 Å². The van der Waals surface area contributed by atoms with Crippen LogP contribution in [0.25, 0.3) is 0 Å². The highest BCUT2D eigenvalue weighted by Gasteiger charge is 2.19. The van der Waals surface area contributed by atoms with Gasteiger partial charge in [0, 0.05) is 11.4 Å². The summed E-state index contributed by atoms with van der Waals surface area (Å²) in [4.78, 5) is 36.4. The lowest BCUT2D eigenvalue weighted by atomic mass is 10.2. The Morgan fingerprint density at radius 3 is 2.14 bits per heavy atom. The molecular weight excluding hydrogens is 372 g/mol. The minimum absolute atomic E-state index is 0.182. The summed E-state index contributed by atoms with van der Waals surface area (Å²) in [7, 11) is 0. The number of rotatable bonds is 6. The fourth-order valence-electron chi connectivity index (χ4n) is 2.45. The molecule has 0 aliphatic carbocycles. The Morgan fingerprint density at radius 2 is 1.52 bits per heavy atom. The third-order valence-electron chi connectivity index (χ3n) is 4.10. The number of amides is 2. The number of nitrogens with one attached hydrogen (secondary N) is 2. The minimum atomic E-state index is -0.970. The third kappa shape index (κ3) is 5.32. The number of hydrogen-bond donors (Lipinski definition) is 2.